The number of rotatable bonds is 2. The van der Waals surface area contributed by atoms with Crippen molar-refractivity contribution in [3.8, 4) is 0 Å². The van der Waals surface area contributed by atoms with Crippen molar-refractivity contribution in [2.45, 2.75) is 37.6 Å². The first-order chi connectivity index (χ1) is 7.55. The molecule has 87 valence electrons. The molecule has 1 saturated carbocycles. The first-order valence-electron chi connectivity index (χ1n) is 5.10. The van der Waals surface area contributed by atoms with Crippen LogP contribution < -0.4 is 5.32 Å². The molecule has 3 nitrogen and oxygen atoms in total. The van der Waals surface area contributed by atoms with E-state index < -0.39 is 5.92 Å². The van der Waals surface area contributed by atoms with Gasteiger partial charge in [0, 0.05) is 24.9 Å². The highest BCUT2D eigenvalue weighted by molar-refractivity contribution is 6.28. The smallest absolute Gasteiger partial charge is 0.248 e. The highest BCUT2D eigenvalue weighted by Gasteiger charge is 2.34. The van der Waals surface area contributed by atoms with Gasteiger partial charge in [0.15, 0.2) is 0 Å². The lowest BCUT2D eigenvalue weighted by Crippen LogP contribution is -2.32. The van der Waals surface area contributed by atoms with Crippen LogP contribution in [0.15, 0.2) is 6.07 Å². The molecule has 0 unspecified atom stereocenters. The number of hydrogen-bond acceptors (Lipinski definition) is 3. The van der Waals surface area contributed by atoms with Crippen molar-refractivity contribution >= 4 is 17.4 Å². The Morgan fingerprint density at radius 1 is 1.44 bits per heavy atom. The molecule has 1 aliphatic carbocycles. The molecule has 0 aliphatic heterocycles. The van der Waals surface area contributed by atoms with E-state index in [1.165, 1.54) is 0 Å². The SMILES string of the molecule is FC1(F)CCC(Nc2c[c]nc(Cl)n2)CC1. The molecule has 0 saturated heterocycles. The Balaban J connectivity index is 1.92. The first kappa shape index (κ1) is 11.5. The Labute approximate surface area is 97.2 Å². The summed E-state index contributed by atoms with van der Waals surface area (Å²) in [4.78, 5) is 7.55. The number of alkyl halides is 2. The van der Waals surface area contributed by atoms with Gasteiger partial charge >= 0.3 is 0 Å². The highest BCUT2D eigenvalue weighted by Crippen LogP contribution is 2.33. The molecule has 0 aromatic carbocycles. The number of nitrogens with one attached hydrogen (secondary N) is 1. The fourth-order valence-electron chi connectivity index (χ4n) is 1.77. The molecule has 0 bridgehead atoms. The zero-order valence-electron chi connectivity index (χ0n) is 8.51. The molecular weight excluding hydrogens is 236 g/mol. The van der Waals surface area contributed by atoms with Gasteiger partial charge in [-0.1, -0.05) is 0 Å². The van der Waals surface area contributed by atoms with Crippen molar-refractivity contribution in [1.82, 2.24) is 9.97 Å². The van der Waals surface area contributed by atoms with Crippen LogP contribution in [0.4, 0.5) is 14.6 Å². The fraction of sp³-hybridized carbons (Fsp3) is 0.600. The number of aromatic nitrogens is 2. The number of anilines is 1. The third-order valence-corrected chi connectivity index (χ3v) is 2.81. The summed E-state index contributed by atoms with van der Waals surface area (Å²) in [5.41, 5.74) is 0. The average Bonchev–Trinajstić information content (AvgIpc) is 2.21. The maximum atomic E-state index is 12.9. The Bertz CT molecular complexity index is 363. The van der Waals surface area contributed by atoms with E-state index in [1.807, 2.05) is 0 Å². The molecule has 16 heavy (non-hydrogen) atoms. The van der Waals surface area contributed by atoms with Crippen LogP contribution in [0.2, 0.25) is 5.28 Å². The second-order valence-electron chi connectivity index (χ2n) is 3.93. The van der Waals surface area contributed by atoms with Crippen molar-refractivity contribution < 1.29 is 8.78 Å². The van der Waals surface area contributed by atoms with Crippen LogP contribution in [-0.4, -0.2) is 21.9 Å². The van der Waals surface area contributed by atoms with Gasteiger partial charge in [-0.3, -0.25) is 0 Å². The van der Waals surface area contributed by atoms with Gasteiger partial charge in [0.2, 0.25) is 11.2 Å². The van der Waals surface area contributed by atoms with E-state index in [9.17, 15) is 8.78 Å². The van der Waals surface area contributed by atoms with Crippen molar-refractivity contribution in [2.75, 3.05) is 5.32 Å². The lowest BCUT2D eigenvalue weighted by atomic mass is 9.92. The van der Waals surface area contributed by atoms with E-state index in [-0.39, 0.29) is 24.2 Å². The molecule has 1 N–H and O–H groups in total. The predicted octanol–water partition coefficient (Wildman–Crippen LogP) is 2.92. The lowest BCUT2D eigenvalue weighted by molar-refractivity contribution is -0.0361. The average molecular weight is 247 g/mol. The summed E-state index contributed by atoms with van der Waals surface area (Å²) in [6.07, 6.45) is 3.31. The molecule has 1 aromatic heterocycles. The minimum atomic E-state index is -2.51. The van der Waals surface area contributed by atoms with E-state index in [4.69, 9.17) is 11.6 Å². The first-order valence-corrected chi connectivity index (χ1v) is 5.48. The largest absolute Gasteiger partial charge is 0.367 e. The van der Waals surface area contributed by atoms with Crippen LogP contribution in [0.1, 0.15) is 25.7 Å². The standard InChI is InChI=1S/C10H11ClF2N3/c11-9-14-6-3-8(16-9)15-7-1-4-10(12,13)5-2-7/h3,7H,1-2,4-5H2,(H,14,15,16). The molecule has 1 heterocycles. The van der Waals surface area contributed by atoms with Crippen LogP contribution in [0.25, 0.3) is 0 Å². The molecule has 6 heteroatoms. The van der Waals surface area contributed by atoms with Crippen LogP contribution in [0.5, 0.6) is 0 Å². The molecular formula is C10H11ClF2N3. The summed E-state index contributed by atoms with van der Waals surface area (Å²) < 4.78 is 25.8. The summed E-state index contributed by atoms with van der Waals surface area (Å²) in [5.74, 6) is -1.97. The molecule has 0 atom stereocenters. The number of nitrogens with zero attached hydrogens (tertiary/aromatic N) is 2. The zero-order chi connectivity index (χ0) is 11.6. The summed E-state index contributed by atoms with van der Waals surface area (Å²) in [5, 5.41) is 3.16. The minimum Gasteiger partial charge on any atom is -0.367 e. The predicted molar refractivity (Wildman–Crippen MR) is 56.7 cm³/mol. The van der Waals surface area contributed by atoms with Gasteiger partial charge in [0.1, 0.15) is 5.82 Å². The van der Waals surface area contributed by atoms with E-state index in [0.717, 1.165) is 0 Å². The maximum Gasteiger partial charge on any atom is 0.248 e. The Morgan fingerprint density at radius 3 is 2.75 bits per heavy atom. The van der Waals surface area contributed by atoms with Gasteiger partial charge in [-0.15, -0.1) is 0 Å². The Kier molecular flexibility index (Phi) is 3.23. The molecule has 1 fully saturated rings. The van der Waals surface area contributed by atoms with Gasteiger partial charge < -0.3 is 5.32 Å². The minimum absolute atomic E-state index is 0.0268. The van der Waals surface area contributed by atoms with Crippen molar-refractivity contribution in [2.24, 2.45) is 0 Å². The van der Waals surface area contributed by atoms with E-state index in [1.54, 1.807) is 6.07 Å². The second kappa shape index (κ2) is 4.49. The van der Waals surface area contributed by atoms with E-state index in [0.29, 0.717) is 18.7 Å². The normalized spacial score (nSPS) is 20.7. The monoisotopic (exact) mass is 246 g/mol. The van der Waals surface area contributed by atoms with Crippen LogP contribution in [0, 0.1) is 6.20 Å². The van der Waals surface area contributed by atoms with Gasteiger partial charge in [-0.2, -0.15) is 0 Å². The van der Waals surface area contributed by atoms with Crippen LogP contribution >= 0.6 is 11.6 Å². The van der Waals surface area contributed by atoms with Gasteiger partial charge in [-0.25, -0.2) is 18.7 Å². The van der Waals surface area contributed by atoms with Gasteiger partial charge in [0.05, 0.1) is 6.20 Å². The zero-order valence-corrected chi connectivity index (χ0v) is 9.27. The summed E-state index contributed by atoms with van der Waals surface area (Å²) in [6.45, 7) is 0. The number of halogens is 3. The van der Waals surface area contributed by atoms with E-state index in [2.05, 4.69) is 21.5 Å². The summed E-state index contributed by atoms with van der Waals surface area (Å²) >= 11 is 5.59. The quantitative estimate of drug-likeness (QED) is 0.816. The summed E-state index contributed by atoms with van der Waals surface area (Å²) in [6, 6.07) is 1.58. The Hall–Kier alpha value is -0.970. The molecule has 0 amide bonds. The summed E-state index contributed by atoms with van der Waals surface area (Å²) in [7, 11) is 0. The second-order valence-corrected chi connectivity index (χ2v) is 4.26. The third-order valence-electron chi connectivity index (χ3n) is 2.64. The van der Waals surface area contributed by atoms with Crippen LogP contribution in [-0.2, 0) is 0 Å². The molecule has 1 radical (unpaired) electrons. The molecule has 2 rings (SSSR count). The molecule has 0 spiro atoms. The van der Waals surface area contributed by atoms with Crippen molar-refractivity contribution in [1.29, 1.82) is 0 Å². The number of hydrogen-bond donors (Lipinski definition) is 1. The van der Waals surface area contributed by atoms with Gasteiger partial charge in [0.25, 0.3) is 0 Å². The van der Waals surface area contributed by atoms with E-state index >= 15 is 0 Å². The highest BCUT2D eigenvalue weighted by atomic mass is 35.5. The van der Waals surface area contributed by atoms with Crippen LogP contribution in [0.3, 0.4) is 0 Å². The van der Waals surface area contributed by atoms with Crippen molar-refractivity contribution in [3.05, 3.63) is 17.5 Å². The van der Waals surface area contributed by atoms with Crippen molar-refractivity contribution in [3.63, 3.8) is 0 Å². The fourth-order valence-corrected chi connectivity index (χ4v) is 1.91. The Morgan fingerprint density at radius 2 is 2.12 bits per heavy atom. The molecule has 1 aromatic rings. The lowest BCUT2D eigenvalue weighted by Gasteiger charge is -2.29. The topological polar surface area (TPSA) is 37.8 Å². The maximum absolute atomic E-state index is 12.9. The third kappa shape index (κ3) is 3.01. The van der Waals surface area contributed by atoms with Gasteiger partial charge in [-0.05, 0) is 24.4 Å². The molecule has 1 aliphatic rings.